The molecule has 2 aromatic rings. The Morgan fingerprint density at radius 1 is 1.38 bits per heavy atom. The number of benzene rings is 1. The highest BCUT2D eigenvalue weighted by Crippen LogP contribution is 2.32. The zero-order chi connectivity index (χ0) is 15.6. The van der Waals surface area contributed by atoms with Gasteiger partial charge < -0.3 is 14.9 Å². The molecule has 0 spiro atoms. The van der Waals surface area contributed by atoms with E-state index in [0.29, 0.717) is 16.5 Å². The van der Waals surface area contributed by atoms with E-state index in [2.05, 4.69) is 4.72 Å². The molecule has 0 amide bonds. The minimum atomic E-state index is -3.86. The molecule has 0 saturated carbocycles. The second-order valence-electron chi connectivity index (χ2n) is 4.33. The van der Waals surface area contributed by atoms with Gasteiger partial charge in [-0.1, -0.05) is 11.6 Å². The van der Waals surface area contributed by atoms with E-state index in [1.54, 1.807) is 19.1 Å². The summed E-state index contributed by atoms with van der Waals surface area (Å²) in [4.78, 5) is 0. The Bertz CT molecular complexity index is 756. The molecule has 1 aromatic heterocycles. The van der Waals surface area contributed by atoms with E-state index in [1.807, 2.05) is 0 Å². The van der Waals surface area contributed by atoms with Crippen molar-refractivity contribution < 1.29 is 17.6 Å². The van der Waals surface area contributed by atoms with Crippen molar-refractivity contribution in [1.82, 2.24) is 0 Å². The molecular formula is C13H15ClN2O4S. The molecule has 0 atom stereocenters. The number of halogens is 1. The van der Waals surface area contributed by atoms with Gasteiger partial charge in [-0.2, -0.15) is 8.42 Å². The van der Waals surface area contributed by atoms with E-state index in [9.17, 15) is 8.42 Å². The summed E-state index contributed by atoms with van der Waals surface area (Å²) < 4.78 is 37.2. The fraction of sp³-hybridized carbons (Fsp3) is 0.231. The first-order chi connectivity index (χ1) is 9.87. The average Bonchev–Trinajstić information content (AvgIpc) is 2.92. The number of sulfonamides is 1. The van der Waals surface area contributed by atoms with Crippen LogP contribution in [0.25, 0.3) is 0 Å². The second kappa shape index (κ2) is 5.97. The standard InChI is InChI=1S/C13H15ClN2O4S/c1-8-5-11(12(19-2)6-10(8)14)16-21(17,18)13-4-3-9(7-15)20-13/h3-6,16H,7,15H2,1-2H3. The summed E-state index contributed by atoms with van der Waals surface area (Å²) in [6, 6.07) is 5.99. The number of methoxy groups -OCH3 is 1. The maximum absolute atomic E-state index is 12.3. The highest BCUT2D eigenvalue weighted by Gasteiger charge is 2.21. The molecule has 1 aromatic carbocycles. The predicted octanol–water partition coefficient (Wildman–Crippen LogP) is 2.51. The second-order valence-corrected chi connectivity index (χ2v) is 6.35. The molecule has 0 aliphatic carbocycles. The fourth-order valence-corrected chi connectivity index (χ4v) is 2.89. The van der Waals surface area contributed by atoms with Crippen molar-refractivity contribution >= 4 is 27.3 Å². The summed E-state index contributed by atoms with van der Waals surface area (Å²) in [5, 5.41) is 0.274. The molecule has 0 aliphatic heterocycles. The van der Waals surface area contributed by atoms with Crippen LogP contribution in [0.3, 0.4) is 0 Å². The highest BCUT2D eigenvalue weighted by atomic mass is 35.5. The number of nitrogens with two attached hydrogens (primary N) is 1. The van der Waals surface area contributed by atoms with Crippen LogP contribution in [-0.2, 0) is 16.6 Å². The summed E-state index contributed by atoms with van der Waals surface area (Å²) >= 11 is 5.99. The van der Waals surface area contributed by atoms with Crippen molar-refractivity contribution in [3.63, 3.8) is 0 Å². The van der Waals surface area contributed by atoms with E-state index < -0.39 is 10.0 Å². The zero-order valence-corrected chi connectivity index (χ0v) is 13.1. The van der Waals surface area contributed by atoms with Gasteiger partial charge in [0.05, 0.1) is 19.3 Å². The maximum Gasteiger partial charge on any atom is 0.295 e. The lowest BCUT2D eigenvalue weighted by molar-refractivity contribution is 0.414. The number of ether oxygens (including phenoxy) is 1. The van der Waals surface area contributed by atoms with E-state index in [4.69, 9.17) is 26.5 Å². The molecule has 2 rings (SSSR count). The lowest BCUT2D eigenvalue weighted by Gasteiger charge is -2.12. The number of aryl methyl sites for hydroxylation is 1. The maximum atomic E-state index is 12.3. The molecule has 3 N–H and O–H groups in total. The Labute approximate surface area is 127 Å². The smallest absolute Gasteiger partial charge is 0.295 e. The van der Waals surface area contributed by atoms with Crippen LogP contribution in [-0.4, -0.2) is 15.5 Å². The summed E-state index contributed by atoms with van der Waals surface area (Å²) in [6.07, 6.45) is 0. The summed E-state index contributed by atoms with van der Waals surface area (Å²) in [6.45, 7) is 1.89. The van der Waals surface area contributed by atoms with Gasteiger partial charge >= 0.3 is 0 Å². The lowest BCUT2D eigenvalue weighted by atomic mass is 10.2. The van der Waals surface area contributed by atoms with Crippen LogP contribution in [0.5, 0.6) is 5.75 Å². The molecule has 0 bridgehead atoms. The third-order valence-electron chi connectivity index (χ3n) is 2.83. The first-order valence-electron chi connectivity index (χ1n) is 6.03. The van der Waals surface area contributed by atoms with Gasteiger partial charge in [0, 0.05) is 11.1 Å². The first-order valence-corrected chi connectivity index (χ1v) is 7.89. The third kappa shape index (κ3) is 3.31. The minimum Gasteiger partial charge on any atom is -0.495 e. The highest BCUT2D eigenvalue weighted by molar-refractivity contribution is 7.92. The van der Waals surface area contributed by atoms with Gasteiger partial charge in [0.2, 0.25) is 5.09 Å². The number of anilines is 1. The van der Waals surface area contributed by atoms with Crippen LogP contribution in [0.15, 0.2) is 33.8 Å². The third-order valence-corrected chi connectivity index (χ3v) is 4.47. The molecule has 8 heteroatoms. The summed E-state index contributed by atoms with van der Waals surface area (Å²) in [5.74, 6) is 0.703. The van der Waals surface area contributed by atoms with Gasteiger partial charge in [0.15, 0.2) is 0 Å². The molecule has 6 nitrogen and oxygen atoms in total. The van der Waals surface area contributed by atoms with Crippen molar-refractivity contribution in [1.29, 1.82) is 0 Å². The Morgan fingerprint density at radius 3 is 2.67 bits per heavy atom. The number of hydrogen-bond donors (Lipinski definition) is 2. The van der Waals surface area contributed by atoms with Gasteiger partial charge in [-0.05, 0) is 30.7 Å². The van der Waals surface area contributed by atoms with Gasteiger partial charge in [0.25, 0.3) is 10.0 Å². The Morgan fingerprint density at radius 2 is 2.10 bits per heavy atom. The van der Waals surface area contributed by atoms with Gasteiger partial charge in [0.1, 0.15) is 11.5 Å². The number of rotatable bonds is 5. The summed E-state index contributed by atoms with van der Waals surface area (Å²) in [5.41, 5.74) is 6.40. The lowest BCUT2D eigenvalue weighted by Crippen LogP contribution is -2.13. The normalized spacial score (nSPS) is 11.4. The topological polar surface area (TPSA) is 94.6 Å². The Hall–Kier alpha value is -1.70. The SMILES string of the molecule is COc1cc(Cl)c(C)cc1NS(=O)(=O)c1ccc(CN)o1. The largest absolute Gasteiger partial charge is 0.495 e. The van der Waals surface area contributed by atoms with Gasteiger partial charge in [-0.15, -0.1) is 0 Å². The van der Waals surface area contributed by atoms with Crippen LogP contribution in [0, 0.1) is 6.92 Å². The predicted molar refractivity (Wildman–Crippen MR) is 80.1 cm³/mol. The number of hydrogen-bond acceptors (Lipinski definition) is 5. The molecule has 0 aliphatic rings. The molecule has 0 fully saturated rings. The number of furan rings is 1. The quantitative estimate of drug-likeness (QED) is 0.878. The van der Waals surface area contributed by atoms with Crippen molar-refractivity contribution in [2.24, 2.45) is 5.73 Å². The molecule has 0 radical (unpaired) electrons. The van der Waals surface area contributed by atoms with E-state index in [1.165, 1.54) is 19.2 Å². The van der Waals surface area contributed by atoms with E-state index in [0.717, 1.165) is 5.56 Å². The first kappa shape index (κ1) is 15.7. The Balaban J connectivity index is 2.38. The van der Waals surface area contributed by atoms with Crippen LogP contribution >= 0.6 is 11.6 Å². The molecule has 21 heavy (non-hydrogen) atoms. The van der Waals surface area contributed by atoms with Gasteiger partial charge in [-0.25, -0.2) is 0 Å². The van der Waals surface area contributed by atoms with Crippen molar-refractivity contribution in [2.45, 2.75) is 18.6 Å². The van der Waals surface area contributed by atoms with Crippen LogP contribution in [0.4, 0.5) is 5.69 Å². The molecule has 114 valence electrons. The molecular weight excluding hydrogens is 316 g/mol. The van der Waals surface area contributed by atoms with E-state index >= 15 is 0 Å². The molecule has 0 unspecified atom stereocenters. The number of nitrogens with one attached hydrogen (secondary N) is 1. The zero-order valence-electron chi connectivity index (χ0n) is 11.5. The fourth-order valence-electron chi connectivity index (χ4n) is 1.72. The van der Waals surface area contributed by atoms with Crippen molar-refractivity contribution in [2.75, 3.05) is 11.8 Å². The minimum absolute atomic E-state index is 0.124. The Kier molecular flexibility index (Phi) is 4.46. The molecule has 1 heterocycles. The average molecular weight is 331 g/mol. The summed E-state index contributed by atoms with van der Waals surface area (Å²) in [7, 11) is -2.43. The van der Waals surface area contributed by atoms with Crippen molar-refractivity contribution in [3.8, 4) is 5.75 Å². The van der Waals surface area contributed by atoms with Crippen LogP contribution < -0.4 is 15.2 Å². The van der Waals surface area contributed by atoms with E-state index in [-0.39, 0.29) is 17.3 Å². The van der Waals surface area contributed by atoms with Crippen LogP contribution in [0.2, 0.25) is 5.02 Å². The van der Waals surface area contributed by atoms with Crippen LogP contribution in [0.1, 0.15) is 11.3 Å². The monoisotopic (exact) mass is 330 g/mol. The molecule has 0 saturated heterocycles. The van der Waals surface area contributed by atoms with Gasteiger partial charge in [-0.3, -0.25) is 4.72 Å². The van der Waals surface area contributed by atoms with Crippen molar-refractivity contribution in [3.05, 3.63) is 40.6 Å².